The molecule has 0 aromatic carbocycles. The topological polar surface area (TPSA) is 59.2 Å². The molecule has 0 saturated carbocycles. The molecule has 2 unspecified atom stereocenters. The molecule has 1 fully saturated rings. The van der Waals surface area contributed by atoms with Crippen LogP contribution in [-0.4, -0.2) is 28.4 Å². The number of amides is 1. The van der Waals surface area contributed by atoms with Gasteiger partial charge in [0.15, 0.2) is 0 Å². The van der Waals surface area contributed by atoms with Crippen LogP contribution in [0.3, 0.4) is 0 Å². The fourth-order valence-corrected chi connectivity index (χ4v) is 2.90. The lowest BCUT2D eigenvalue weighted by molar-refractivity contribution is -0.136. The van der Waals surface area contributed by atoms with Crippen molar-refractivity contribution in [3.8, 4) is 0 Å². The Morgan fingerprint density at radius 1 is 1.69 bits per heavy atom. The Balaban J connectivity index is 2.17. The van der Waals surface area contributed by atoms with Gasteiger partial charge in [0, 0.05) is 18.1 Å². The Hall–Kier alpha value is -0.940. The Morgan fingerprint density at radius 2 is 2.50 bits per heavy atom. The van der Waals surface area contributed by atoms with E-state index in [0.29, 0.717) is 0 Å². The lowest BCUT2D eigenvalue weighted by Gasteiger charge is -2.35. The second-order valence-corrected chi connectivity index (χ2v) is 5.13. The largest absolute Gasteiger partial charge is 0.332 e. The second-order valence-electron chi connectivity index (χ2n) is 4.20. The predicted molar refractivity (Wildman–Crippen MR) is 64.1 cm³/mol. The third-order valence-corrected chi connectivity index (χ3v) is 3.79. The Kier molecular flexibility index (Phi) is 3.56. The molecule has 0 radical (unpaired) electrons. The van der Waals surface area contributed by atoms with Crippen molar-refractivity contribution in [2.45, 2.75) is 38.3 Å². The van der Waals surface area contributed by atoms with Crippen molar-refractivity contribution < 1.29 is 4.79 Å². The van der Waals surface area contributed by atoms with Gasteiger partial charge in [-0.05, 0) is 26.2 Å². The van der Waals surface area contributed by atoms with Gasteiger partial charge < -0.3 is 10.6 Å². The quantitative estimate of drug-likeness (QED) is 0.851. The normalized spacial score (nSPS) is 23.1. The summed E-state index contributed by atoms with van der Waals surface area (Å²) in [5, 5.41) is 2.99. The van der Waals surface area contributed by atoms with Crippen LogP contribution in [0.2, 0.25) is 0 Å². The molecule has 5 heteroatoms. The molecule has 2 heterocycles. The number of aromatic nitrogens is 1. The number of piperidine rings is 1. The molecule has 1 aliphatic rings. The van der Waals surface area contributed by atoms with E-state index < -0.39 is 6.04 Å². The molecule has 0 spiro atoms. The van der Waals surface area contributed by atoms with Crippen molar-refractivity contribution in [3.63, 3.8) is 0 Å². The first-order valence-corrected chi connectivity index (χ1v) is 6.53. The van der Waals surface area contributed by atoms with E-state index in [9.17, 15) is 4.79 Å². The first-order valence-electron chi connectivity index (χ1n) is 5.65. The smallest absolute Gasteiger partial charge is 0.239 e. The van der Waals surface area contributed by atoms with E-state index in [-0.39, 0.29) is 11.9 Å². The van der Waals surface area contributed by atoms with Crippen LogP contribution in [0.15, 0.2) is 11.6 Å². The van der Waals surface area contributed by atoms with Gasteiger partial charge in [-0.1, -0.05) is 0 Å². The third-order valence-electron chi connectivity index (χ3n) is 2.91. The molecule has 2 N–H and O–H groups in total. The zero-order valence-corrected chi connectivity index (χ0v) is 10.2. The van der Waals surface area contributed by atoms with E-state index in [1.807, 2.05) is 10.3 Å². The summed E-state index contributed by atoms with van der Waals surface area (Å²) in [6.45, 7) is 2.56. The molecule has 1 aliphatic heterocycles. The van der Waals surface area contributed by atoms with E-state index in [4.69, 9.17) is 5.73 Å². The van der Waals surface area contributed by atoms with Gasteiger partial charge in [-0.25, -0.2) is 4.98 Å². The maximum Gasteiger partial charge on any atom is 0.239 e. The number of nitrogens with two attached hydrogens (primary N) is 1. The summed E-state index contributed by atoms with van der Waals surface area (Å²) < 4.78 is 0. The van der Waals surface area contributed by atoms with E-state index >= 15 is 0 Å². The van der Waals surface area contributed by atoms with Gasteiger partial charge in [0.05, 0.1) is 12.1 Å². The van der Waals surface area contributed by atoms with Crippen LogP contribution in [0.4, 0.5) is 0 Å². The van der Waals surface area contributed by atoms with Crippen LogP contribution >= 0.6 is 11.3 Å². The van der Waals surface area contributed by atoms with Crippen molar-refractivity contribution in [3.05, 3.63) is 16.6 Å². The molecule has 16 heavy (non-hydrogen) atoms. The molecule has 2 rings (SSSR count). The molecule has 0 aliphatic carbocycles. The molecule has 1 aromatic rings. The van der Waals surface area contributed by atoms with Gasteiger partial charge in [-0.2, -0.15) is 0 Å². The van der Waals surface area contributed by atoms with Crippen LogP contribution in [0.1, 0.15) is 37.2 Å². The van der Waals surface area contributed by atoms with Crippen LogP contribution in [-0.2, 0) is 4.79 Å². The molecular weight excluding hydrogens is 222 g/mol. The molecule has 4 nitrogen and oxygen atoms in total. The number of hydrogen-bond acceptors (Lipinski definition) is 4. The Bertz CT molecular complexity index is 350. The highest BCUT2D eigenvalue weighted by Crippen LogP contribution is 2.32. The fourth-order valence-electron chi connectivity index (χ4n) is 2.11. The summed E-state index contributed by atoms with van der Waals surface area (Å²) in [4.78, 5) is 18.2. The maximum absolute atomic E-state index is 12.0. The van der Waals surface area contributed by atoms with Crippen molar-refractivity contribution in [2.75, 3.05) is 6.54 Å². The van der Waals surface area contributed by atoms with Gasteiger partial charge in [-0.15, -0.1) is 11.3 Å². The third kappa shape index (κ3) is 2.25. The number of thiazole rings is 1. The minimum Gasteiger partial charge on any atom is -0.332 e. The minimum atomic E-state index is -0.416. The van der Waals surface area contributed by atoms with Crippen molar-refractivity contribution in [2.24, 2.45) is 5.73 Å². The minimum absolute atomic E-state index is 0.0416. The number of carbonyl (C=O) groups excluding carboxylic acids is 1. The molecule has 1 saturated heterocycles. The first kappa shape index (κ1) is 11.5. The van der Waals surface area contributed by atoms with E-state index in [1.165, 1.54) is 0 Å². The lowest BCUT2D eigenvalue weighted by Crippen LogP contribution is -2.46. The van der Waals surface area contributed by atoms with Crippen LogP contribution in [0.25, 0.3) is 0 Å². The molecule has 88 valence electrons. The fraction of sp³-hybridized carbons (Fsp3) is 0.636. The van der Waals surface area contributed by atoms with Gasteiger partial charge in [0.2, 0.25) is 5.91 Å². The van der Waals surface area contributed by atoms with Gasteiger partial charge >= 0.3 is 0 Å². The van der Waals surface area contributed by atoms with Crippen molar-refractivity contribution in [1.29, 1.82) is 0 Å². The predicted octanol–water partition coefficient (Wildman–Crippen LogP) is 1.54. The highest BCUT2D eigenvalue weighted by Gasteiger charge is 2.30. The van der Waals surface area contributed by atoms with E-state index in [0.717, 1.165) is 30.8 Å². The summed E-state index contributed by atoms with van der Waals surface area (Å²) in [5.74, 6) is 0.0416. The SMILES string of the molecule is CC(N)C(=O)N1CCCCC1c1nccs1. The zero-order valence-electron chi connectivity index (χ0n) is 9.43. The summed E-state index contributed by atoms with van der Waals surface area (Å²) in [5.41, 5.74) is 5.67. The van der Waals surface area contributed by atoms with E-state index in [1.54, 1.807) is 24.5 Å². The number of rotatable bonds is 2. The Morgan fingerprint density at radius 3 is 3.12 bits per heavy atom. The average molecular weight is 239 g/mol. The summed E-state index contributed by atoms with van der Waals surface area (Å²) in [7, 11) is 0. The molecule has 1 aromatic heterocycles. The van der Waals surface area contributed by atoms with Crippen molar-refractivity contribution >= 4 is 17.2 Å². The van der Waals surface area contributed by atoms with Crippen LogP contribution in [0, 0.1) is 0 Å². The molecule has 1 amide bonds. The van der Waals surface area contributed by atoms with Crippen LogP contribution in [0.5, 0.6) is 0 Å². The molecule has 2 atom stereocenters. The standard InChI is InChI=1S/C11H17N3OS/c1-8(12)11(15)14-6-3-2-4-9(14)10-13-5-7-16-10/h5,7-9H,2-4,6,12H2,1H3. The summed E-state index contributed by atoms with van der Waals surface area (Å²) in [6.07, 6.45) is 5.03. The molecular formula is C11H17N3OS. The van der Waals surface area contributed by atoms with E-state index in [2.05, 4.69) is 4.98 Å². The Labute approximate surface area is 99.5 Å². The lowest BCUT2D eigenvalue weighted by atomic mass is 10.0. The summed E-state index contributed by atoms with van der Waals surface area (Å²) >= 11 is 1.62. The average Bonchev–Trinajstić information content (AvgIpc) is 2.81. The highest BCUT2D eigenvalue weighted by molar-refractivity contribution is 7.09. The number of nitrogens with zero attached hydrogens (tertiary/aromatic N) is 2. The summed E-state index contributed by atoms with van der Waals surface area (Å²) in [6, 6.07) is -0.271. The first-order chi connectivity index (χ1) is 7.70. The second kappa shape index (κ2) is 4.93. The monoisotopic (exact) mass is 239 g/mol. The number of likely N-dealkylation sites (tertiary alicyclic amines) is 1. The van der Waals surface area contributed by atoms with Crippen molar-refractivity contribution in [1.82, 2.24) is 9.88 Å². The van der Waals surface area contributed by atoms with Gasteiger partial charge in [0.25, 0.3) is 0 Å². The number of hydrogen-bond donors (Lipinski definition) is 1. The maximum atomic E-state index is 12.0. The highest BCUT2D eigenvalue weighted by atomic mass is 32.1. The number of carbonyl (C=O) groups is 1. The van der Waals surface area contributed by atoms with Crippen LogP contribution < -0.4 is 5.73 Å². The van der Waals surface area contributed by atoms with Gasteiger partial charge in [-0.3, -0.25) is 4.79 Å². The molecule has 0 bridgehead atoms. The van der Waals surface area contributed by atoms with Gasteiger partial charge in [0.1, 0.15) is 5.01 Å². The zero-order chi connectivity index (χ0) is 11.5.